The van der Waals surface area contributed by atoms with Crippen molar-refractivity contribution in [2.75, 3.05) is 11.1 Å². The van der Waals surface area contributed by atoms with Gasteiger partial charge in [0, 0.05) is 15.9 Å². The number of amides is 1. The Morgan fingerprint density at radius 2 is 2.11 bits per heavy atom. The number of benzene rings is 1. The molecule has 4 rings (SSSR count). The van der Waals surface area contributed by atoms with Crippen LogP contribution in [0.4, 0.5) is 5.69 Å². The molecule has 146 valence electrons. The lowest BCUT2D eigenvalue weighted by Gasteiger charge is -2.12. The summed E-state index contributed by atoms with van der Waals surface area (Å²) in [5.41, 5.74) is 1.96. The average molecular weight is 478 g/mol. The van der Waals surface area contributed by atoms with Crippen molar-refractivity contribution in [2.45, 2.75) is 44.3 Å². The number of carbonyl (C=O) groups is 1. The van der Waals surface area contributed by atoms with Crippen molar-refractivity contribution >= 4 is 60.8 Å². The van der Waals surface area contributed by atoms with E-state index in [9.17, 15) is 9.59 Å². The number of nitrogens with one attached hydrogen (secondary N) is 1. The van der Waals surface area contributed by atoms with Crippen molar-refractivity contribution in [3.05, 3.63) is 49.5 Å². The summed E-state index contributed by atoms with van der Waals surface area (Å²) in [6, 6.07) is 7.49. The molecule has 5 nitrogen and oxygen atoms in total. The van der Waals surface area contributed by atoms with Crippen LogP contribution in [0.5, 0.6) is 0 Å². The van der Waals surface area contributed by atoms with Gasteiger partial charge in [-0.25, -0.2) is 4.98 Å². The number of nitrogens with zero attached hydrogens (tertiary/aromatic N) is 2. The van der Waals surface area contributed by atoms with E-state index in [-0.39, 0.29) is 17.2 Å². The second kappa shape index (κ2) is 8.39. The summed E-state index contributed by atoms with van der Waals surface area (Å²) in [5, 5.41) is 4.30. The Balaban J connectivity index is 1.59. The van der Waals surface area contributed by atoms with Crippen molar-refractivity contribution < 1.29 is 4.79 Å². The summed E-state index contributed by atoms with van der Waals surface area (Å²) in [5.74, 6) is 0.0732. The van der Waals surface area contributed by atoms with E-state index in [1.165, 1.54) is 28.6 Å². The molecule has 0 radical (unpaired) electrons. The van der Waals surface area contributed by atoms with E-state index >= 15 is 0 Å². The number of thiophene rings is 1. The third-order valence-corrected chi connectivity index (χ3v) is 7.69. The molecule has 0 aliphatic heterocycles. The first-order valence-corrected chi connectivity index (χ1v) is 11.9. The van der Waals surface area contributed by atoms with Gasteiger partial charge in [0.2, 0.25) is 5.91 Å². The van der Waals surface area contributed by atoms with Crippen molar-refractivity contribution in [3.8, 4) is 0 Å². The summed E-state index contributed by atoms with van der Waals surface area (Å²) in [4.78, 5) is 32.4. The van der Waals surface area contributed by atoms with Gasteiger partial charge < -0.3 is 5.32 Å². The number of aryl methyl sites for hydroxylation is 2. The van der Waals surface area contributed by atoms with Gasteiger partial charge in [0.25, 0.3) is 5.56 Å². The first kappa shape index (κ1) is 19.7. The molecule has 8 heteroatoms. The summed E-state index contributed by atoms with van der Waals surface area (Å²) < 4.78 is 2.53. The van der Waals surface area contributed by atoms with Gasteiger partial charge in [0.1, 0.15) is 4.83 Å². The van der Waals surface area contributed by atoms with Crippen LogP contribution in [0.2, 0.25) is 0 Å². The van der Waals surface area contributed by atoms with Gasteiger partial charge in [-0.15, -0.1) is 11.3 Å². The number of hydrogen-bond acceptors (Lipinski definition) is 5. The van der Waals surface area contributed by atoms with Crippen molar-refractivity contribution in [1.82, 2.24) is 9.55 Å². The number of halogens is 1. The Bertz CT molecular complexity index is 1110. The third-order valence-electron chi connectivity index (χ3n) is 4.84. The molecule has 1 amide bonds. The third kappa shape index (κ3) is 3.77. The van der Waals surface area contributed by atoms with Gasteiger partial charge in [-0.1, -0.05) is 23.9 Å². The Labute approximate surface area is 179 Å². The zero-order chi connectivity index (χ0) is 19.7. The molecule has 2 aromatic heterocycles. The first-order chi connectivity index (χ1) is 13.6. The van der Waals surface area contributed by atoms with Crippen molar-refractivity contribution in [2.24, 2.45) is 0 Å². The fourth-order valence-corrected chi connectivity index (χ4v) is 6.04. The van der Waals surface area contributed by atoms with Gasteiger partial charge in [-0.2, -0.15) is 0 Å². The van der Waals surface area contributed by atoms with E-state index < -0.39 is 0 Å². The maximum atomic E-state index is 13.1. The predicted octanol–water partition coefficient (Wildman–Crippen LogP) is 4.85. The number of para-hydroxylation sites is 1. The van der Waals surface area contributed by atoms with E-state index in [1.807, 2.05) is 31.2 Å². The molecule has 0 saturated carbocycles. The average Bonchev–Trinajstić information content (AvgIpc) is 3.07. The van der Waals surface area contributed by atoms with Crippen LogP contribution in [0.3, 0.4) is 0 Å². The zero-order valence-electron chi connectivity index (χ0n) is 15.5. The van der Waals surface area contributed by atoms with E-state index in [4.69, 9.17) is 4.98 Å². The summed E-state index contributed by atoms with van der Waals surface area (Å²) >= 11 is 6.38. The lowest BCUT2D eigenvalue weighted by Crippen LogP contribution is -2.24. The Kier molecular flexibility index (Phi) is 5.89. The molecule has 0 atom stereocenters. The number of anilines is 1. The molecule has 0 spiro atoms. The normalized spacial score (nSPS) is 13.5. The largest absolute Gasteiger partial charge is 0.324 e. The minimum Gasteiger partial charge on any atom is -0.324 e. The molecule has 0 bridgehead atoms. The Morgan fingerprint density at radius 3 is 2.89 bits per heavy atom. The molecule has 0 fully saturated rings. The summed E-state index contributed by atoms with van der Waals surface area (Å²) in [7, 11) is 0. The maximum absolute atomic E-state index is 13.1. The molecular weight excluding hydrogens is 458 g/mol. The van der Waals surface area contributed by atoms with E-state index in [0.29, 0.717) is 11.7 Å². The van der Waals surface area contributed by atoms with Crippen molar-refractivity contribution in [1.29, 1.82) is 0 Å². The second-order valence-electron chi connectivity index (χ2n) is 6.65. The fraction of sp³-hybridized carbons (Fsp3) is 0.350. The molecule has 3 aromatic rings. The zero-order valence-corrected chi connectivity index (χ0v) is 18.7. The number of fused-ring (bicyclic) bond motifs is 3. The highest BCUT2D eigenvalue weighted by atomic mass is 79.9. The van der Waals surface area contributed by atoms with Crippen molar-refractivity contribution in [3.63, 3.8) is 0 Å². The highest BCUT2D eigenvalue weighted by Crippen LogP contribution is 2.34. The summed E-state index contributed by atoms with van der Waals surface area (Å²) in [6.45, 7) is 2.49. The van der Waals surface area contributed by atoms with E-state index in [0.717, 1.165) is 39.6 Å². The van der Waals surface area contributed by atoms with Crippen LogP contribution >= 0.6 is 39.0 Å². The molecule has 1 aromatic carbocycles. The minimum atomic E-state index is -0.126. The maximum Gasteiger partial charge on any atom is 0.263 e. The molecule has 0 saturated heterocycles. The fourth-order valence-electron chi connectivity index (χ4n) is 3.49. The number of carbonyl (C=O) groups excluding carboxylic acids is 1. The minimum absolute atomic E-state index is 0.0283. The first-order valence-electron chi connectivity index (χ1n) is 9.30. The monoisotopic (exact) mass is 477 g/mol. The Hall–Kier alpha value is -1.64. The van der Waals surface area contributed by atoms with Gasteiger partial charge in [0.15, 0.2) is 5.16 Å². The molecule has 1 aliphatic rings. The van der Waals surface area contributed by atoms with E-state index in [1.54, 1.807) is 15.9 Å². The van der Waals surface area contributed by atoms with E-state index in [2.05, 4.69) is 21.2 Å². The smallest absolute Gasteiger partial charge is 0.263 e. The molecule has 1 aliphatic carbocycles. The van der Waals surface area contributed by atoms with Gasteiger partial charge in [0.05, 0.1) is 16.8 Å². The number of rotatable bonds is 5. The van der Waals surface area contributed by atoms with Gasteiger partial charge >= 0.3 is 0 Å². The molecule has 2 heterocycles. The lowest BCUT2D eigenvalue weighted by atomic mass is 9.97. The molecule has 1 N–H and O–H groups in total. The molecule has 0 unspecified atom stereocenters. The van der Waals surface area contributed by atoms with Crippen LogP contribution in [0.25, 0.3) is 10.2 Å². The number of thioether (sulfide) groups is 1. The second-order valence-corrected chi connectivity index (χ2v) is 9.53. The SMILES string of the molecule is CCn1c(SCC(=O)Nc2ccccc2Br)nc2sc3c(c2c1=O)CCCC3. The number of hydrogen-bond donors (Lipinski definition) is 1. The van der Waals surface area contributed by atoms with Crippen LogP contribution in [0.15, 0.2) is 38.7 Å². The summed E-state index contributed by atoms with van der Waals surface area (Å²) in [6.07, 6.45) is 4.32. The highest BCUT2D eigenvalue weighted by Gasteiger charge is 2.22. The molecule has 28 heavy (non-hydrogen) atoms. The number of aromatic nitrogens is 2. The van der Waals surface area contributed by atoms with Crippen LogP contribution in [0.1, 0.15) is 30.2 Å². The van der Waals surface area contributed by atoms with Crippen LogP contribution in [-0.2, 0) is 24.2 Å². The lowest BCUT2D eigenvalue weighted by molar-refractivity contribution is -0.113. The van der Waals surface area contributed by atoms with Crippen LogP contribution < -0.4 is 10.9 Å². The predicted molar refractivity (Wildman–Crippen MR) is 120 cm³/mol. The molecular formula is C20H20BrN3O2S2. The van der Waals surface area contributed by atoms with Gasteiger partial charge in [-0.05, 0) is 66.2 Å². The van der Waals surface area contributed by atoms with Crippen LogP contribution in [0, 0.1) is 0 Å². The Morgan fingerprint density at radius 1 is 1.32 bits per heavy atom. The quantitative estimate of drug-likeness (QED) is 0.421. The van der Waals surface area contributed by atoms with Gasteiger partial charge in [-0.3, -0.25) is 14.2 Å². The topological polar surface area (TPSA) is 64.0 Å². The highest BCUT2D eigenvalue weighted by molar-refractivity contribution is 9.10. The standard InChI is InChI=1S/C20H20BrN3O2S2/c1-2-24-19(26)17-12-7-3-6-10-15(12)28-18(17)23-20(24)27-11-16(25)22-14-9-5-4-8-13(14)21/h4-5,8-9H,2-3,6-7,10-11H2,1H3,(H,22,25). The van der Waals surface area contributed by atoms with Crippen LogP contribution in [-0.4, -0.2) is 21.2 Å².